The smallest absolute Gasteiger partial charge is 0.257 e. The van der Waals surface area contributed by atoms with E-state index >= 15 is 0 Å². The quantitative estimate of drug-likeness (QED) is 0.117. The summed E-state index contributed by atoms with van der Waals surface area (Å²) in [7, 11) is 1.71. The SMILES string of the molecule is C=CC=O.C=CC[C@@H](CCn1c(-c2ccc(F)cc2)c(-c2ccccc2)c(C(=O)N/C(C)=C/C/C=C\C)c1C(C)C)OC. The molecule has 1 amide bonds. The van der Waals surface area contributed by atoms with Crippen molar-refractivity contribution in [3.8, 4) is 22.4 Å². The summed E-state index contributed by atoms with van der Waals surface area (Å²) in [5, 5.41) is 3.13. The fourth-order valence-corrected chi connectivity index (χ4v) is 4.96. The molecule has 0 unspecified atom stereocenters. The number of ether oxygens (including phenoxy) is 1. The predicted octanol–water partition coefficient (Wildman–Crippen LogP) is 9.04. The minimum Gasteiger partial charge on any atom is -0.381 e. The van der Waals surface area contributed by atoms with Crippen LogP contribution in [0, 0.1) is 5.82 Å². The Labute approximate surface area is 256 Å². The second-order valence-electron chi connectivity index (χ2n) is 10.4. The molecule has 0 bridgehead atoms. The number of hydrogen-bond donors (Lipinski definition) is 1. The summed E-state index contributed by atoms with van der Waals surface area (Å²) < 4.78 is 22.0. The van der Waals surface area contributed by atoms with E-state index in [1.54, 1.807) is 19.2 Å². The molecule has 1 heterocycles. The lowest BCUT2D eigenvalue weighted by atomic mass is 9.94. The normalized spacial score (nSPS) is 12.0. The molecule has 0 aliphatic carbocycles. The van der Waals surface area contributed by atoms with Crippen LogP contribution in [0.2, 0.25) is 0 Å². The summed E-state index contributed by atoms with van der Waals surface area (Å²) in [5.41, 5.74) is 5.93. The number of amides is 1. The highest BCUT2D eigenvalue weighted by molar-refractivity contribution is 6.07. The summed E-state index contributed by atoms with van der Waals surface area (Å²) in [6.45, 7) is 15.7. The zero-order chi connectivity index (χ0) is 31.8. The second-order valence-corrected chi connectivity index (χ2v) is 10.4. The van der Waals surface area contributed by atoms with Crippen LogP contribution in [0.4, 0.5) is 4.39 Å². The van der Waals surface area contributed by atoms with Crippen LogP contribution >= 0.6 is 0 Å². The summed E-state index contributed by atoms with van der Waals surface area (Å²) in [6.07, 6.45) is 12.0. The van der Waals surface area contributed by atoms with Crippen molar-refractivity contribution in [3.05, 3.63) is 121 Å². The van der Waals surface area contributed by atoms with Gasteiger partial charge in [0.1, 0.15) is 12.1 Å². The van der Waals surface area contributed by atoms with Crippen LogP contribution < -0.4 is 5.32 Å². The molecule has 0 saturated carbocycles. The number of methoxy groups -OCH3 is 1. The van der Waals surface area contributed by atoms with Crippen molar-refractivity contribution in [2.75, 3.05) is 7.11 Å². The molecule has 1 aromatic heterocycles. The molecule has 228 valence electrons. The van der Waals surface area contributed by atoms with Gasteiger partial charge < -0.3 is 14.6 Å². The number of halogens is 1. The predicted molar refractivity (Wildman–Crippen MR) is 176 cm³/mol. The highest BCUT2D eigenvalue weighted by Gasteiger charge is 2.30. The molecule has 5 nitrogen and oxygen atoms in total. The zero-order valence-corrected chi connectivity index (χ0v) is 26.1. The average Bonchev–Trinajstić information content (AvgIpc) is 3.36. The van der Waals surface area contributed by atoms with Gasteiger partial charge in [0.15, 0.2) is 0 Å². The number of carbonyl (C=O) groups excluding carboxylic acids is 2. The van der Waals surface area contributed by atoms with E-state index < -0.39 is 0 Å². The molecule has 0 aliphatic heterocycles. The standard InChI is InChI=1S/C34H41FN2O2.C3H4O/c1-7-9-11-15-25(5)36-34(38)31-30(26-16-12-10-13-17-26)33(27-18-20-28(35)21-19-27)37(32(31)24(3)4)23-22-29(39-6)14-8-2;1-2-3-4/h7-10,12-13,15-21,24,29H,2,11,14,22-23H2,1,3-6H3,(H,36,38);2-3H,1H2/b9-7-,25-15+;/t29-;/m0./s1. The van der Waals surface area contributed by atoms with Gasteiger partial charge >= 0.3 is 0 Å². The Hall–Kier alpha value is -4.29. The van der Waals surface area contributed by atoms with Crippen molar-refractivity contribution in [2.24, 2.45) is 0 Å². The van der Waals surface area contributed by atoms with Gasteiger partial charge in [-0.05, 0) is 80.5 Å². The number of benzene rings is 2. The molecule has 3 aromatic rings. The van der Waals surface area contributed by atoms with E-state index in [2.05, 4.69) is 36.9 Å². The van der Waals surface area contributed by atoms with Crippen LogP contribution in [0.3, 0.4) is 0 Å². The Kier molecular flexibility index (Phi) is 14.8. The van der Waals surface area contributed by atoms with E-state index in [-0.39, 0.29) is 23.7 Å². The number of hydrogen-bond acceptors (Lipinski definition) is 3. The second kappa shape index (κ2) is 18.3. The van der Waals surface area contributed by atoms with Crippen LogP contribution in [-0.4, -0.2) is 30.0 Å². The third kappa shape index (κ3) is 9.90. The Balaban J connectivity index is 0.00000151. The van der Waals surface area contributed by atoms with E-state index in [9.17, 15) is 9.18 Å². The molecule has 1 N–H and O–H groups in total. The minimum atomic E-state index is -0.299. The molecule has 0 radical (unpaired) electrons. The molecular weight excluding hydrogens is 539 g/mol. The lowest BCUT2D eigenvalue weighted by Crippen LogP contribution is -2.24. The van der Waals surface area contributed by atoms with Crippen LogP contribution in [0.5, 0.6) is 0 Å². The van der Waals surface area contributed by atoms with Crippen molar-refractivity contribution in [1.29, 1.82) is 0 Å². The fraction of sp³-hybridized carbons (Fsp3) is 0.297. The molecular formula is C37H45FN2O3. The third-order valence-electron chi connectivity index (χ3n) is 6.90. The van der Waals surface area contributed by atoms with Crippen LogP contribution in [0.1, 0.15) is 68.9 Å². The molecule has 6 heteroatoms. The number of carbonyl (C=O) groups is 2. The molecule has 0 saturated heterocycles. The number of nitrogens with one attached hydrogen (secondary N) is 1. The maximum Gasteiger partial charge on any atom is 0.257 e. The Bertz CT molecular complexity index is 1390. The largest absolute Gasteiger partial charge is 0.381 e. The van der Waals surface area contributed by atoms with E-state index in [0.29, 0.717) is 18.4 Å². The van der Waals surface area contributed by atoms with Gasteiger partial charge in [0.05, 0.1) is 17.4 Å². The number of allylic oxidation sites excluding steroid dienone is 5. The maximum atomic E-state index is 14.1. The Morgan fingerprint density at radius 2 is 1.72 bits per heavy atom. The summed E-state index contributed by atoms with van der Waals surface area (Å²) in [4.78, 5) is 23.1. The zero-order valence-electron chi connectivity index (χ0n) is 26.1. The molecule has 0 fully saturated rings. The van der Waals surface area contributed by atoms with Crippen molar-refractivity contribution >= 4 is 12.2 Å². The van der Waals surface area contributed by atoms with Gasteiger partial charge in [-0.15, -0.1) is 6.58 Å². The van der Waals surface area contributed by atoms with E-state index in [0.717, 1.165) is 53.0 Å². The van der Waals surface area contributed by atoms with Crippen LogP contribution in [0.25, 0.3) is 22.4 Å². The topological polar surface area (TPSA) is 60.3 Å². The van der Waals surface area contributed by atoms with Crippen molar-refractivity contribution in [2.45, 2.75) is 65.5 Å². The highest BCUT2D eigenvalue weighted by atomic mass is 19.1. The molecule has 0 aliphatic rings. The summed E-state index contributed by atoms with van der Waals surface area (Å²) in [6, 6.07) is 16.5. The monoisotopic (exact) mass is 584 g/mol. The lowest BCUT2D eigenvalue weighted by molar-refractivity contribution is -0.104. The van der Waals surface area contributed by atoms with E-state index in [4.69, 9.17) is 9.53 Å². The molecule has 0 spiro atoms. The Morgan fingerprint density at radius 3 is 2.26 bits per heavy atom. The highest BCUT2D eigenvalue weighted by Crippen LogP contribution is 2.42. The molecule has 2 aromatic carbocycles. The van der Waals surface area contributed by atoms with Crippen molar-refractivity contribution in [3.63, 3.8) is 0 Å². The first-order chi connectivity index (χ1) is 20.7. The first kappa shape index (κ1) is 34.9. The van der Waals surface area contributed by atoms with Gasteiger partial charge in [0, 0.05) is 30.6 Å². The summed E-state index contributed by atoms with van der Waals surface area (Å²) >= 11 is 0. The van der Waals surface area contributed by atoms with Gasteiger partial charge in [0.2, 0.25) is 0 Å². The van der Waals surface area contributed by atoms with E-state index in [1.807, 2.05) is 68.5 Å². The van der Waals surface area contributed by atoms with Gasteiger partial charge in [0.25, 0.3) is 5.91 Å². The van der Waals surface area contributed by atoms with Crippen molar-refractivity contribution < 1.29 is 18.7 Å². The molecule has 3 rings (SSSR count). The average molecular weight is 585 g/mol. The van der Waals surface area contributed by atoms with Crippen LogP contribution in [-0.2, 0) is 16.1 Å². The fourth-order valence-electron chi connectivity index (χ4n) is 4.96. The van der Waals surface area contributed by atoms with Gasteiger partial charge in [-0.2, -0.15) is 0 Å². The number of nitrogens with zero attached hydrogens (tertiary/aromatic N) is 1. The lowest BCUT2D eigenvalue weighted by Gasteiger charge is -2.20. The molecule has 1 atom stereocenters. The van der Waals surface area contributed by atoms with Crippen molar-refractivity contribution in [1.82, 2.24) is 9.88 Å². The molecule has 43 heavy (non-hydrogen) atoms. The number of aldehydes is 1. The van der Waals surface area contributed by atoms with Gasteiger partial charge in [-0.3, -0.25) is 9.59 Å². The summed E-state index contributed by atoms with van der Waals surface area (Å²) in [5.74, 6) is -0.397. The van der Waals surface area contributed by atoms with Gasteiger partial charge in [-0.1, -0.05) is 75.1 Å². The van der Waals surface area contributed by atoms with Gasteiger partial charge in [-0.25, -0.2) is 4.39 Å². The maximum absolute atomic E-state index is 14.1. The minimum absolute atomic E-state index is 0.000213. The third-order valence-corrected chi connectivity index (χ3v) is 6.90. The number of aromatic nitrogens is 1. The first-order valence-electron chi connectivity index (χ1n) is 14.6. The van der Waals surface area contributed by atoms with E-state index in [1.165, 1.54) is 18.2 Å². The van der Waals surface area contributed by atoms with Crippen LogP contribution in [0.15, 0.2) is 104 Å². The first-order valence-corrected chi connectivity index (χ1v) is 14.6. The Morgan fingerprint density at radius 1 is 1.07 bits per heavy atom. The number of rotatable bonds is 14.